The van der Waals surface area contributed by atoms with Gasteiger partial charge in [-0.3, -0.25) is 0 Å². The summed E-state index contributed by atoms with van der Waals surface area (Å²) in [6.07, 6.45) is 7.52. The molecule has 2 unspecified atom stereocenters. The van der Waals surface area contributed by atoms with Crippen LogP contribution in [0.2, 0.25) is 0 Å². The van der Waals surface area contributed by atoms with E-state index in [1.165, 1.54) is 41.3 Å². The van der Waals surface area contributed by atoms with Gasteiger partial charge in [-0.25, -0.2) is 0 Å². The number of fused-ring (bicyclic) bond motifs is 1. The highest BCUT2D eigenvalue weighted by Crippen LogP contribution is 2.38. The van der Waals surface area contributed by atoms with Crippen molar-refractivity contribution in [3.8, 4) is 5.75 Å². The quantitative estimate of drug-likeness (QED) is 0.920. The molecule has 104 valence electrons. The van der Waals surface area contributed by atoms with Gasteiger partial charge >= 0.3 is 0 Å². The van der Waals surface area contributed by atoms with Gasteiger partial charge < -0.3 is 10.5 Å². The van der Waals surface area contributed by atoms with E-state index in [2.05, 4.69) is 28.1 Å². The normalized spacial score (nSPS) is 26.0. The Balaban J connectivity index is 1.82. The predicted octanol–water partition coefficient (Wildman–Crippen LogP) is 3.69. The van der Waals surface area contributed by atoms with E-state index in [0.717, 1.165) is 37.7 Å². The Hall–Kier alpha value is -0.540. The van der Waals surface area contributed by atoms with Crippen LogP contribution in [0, 0.1) is 11.8 Å². The lowest BCUT2D eigenvalue weighted by molar-refractivity contribution is 0.239. The SMILES string of the molecule is NCC1CCCCC1Cc1cc(Br)cc2c1OCC2. The summed E-state index contributed by atoms with van der Waals surface area (Å²) >= 11 is 3.63. The highest BCUT2D eigenvalue weighted by atomic mass is 79.9. The van der Waals surface area contributed by atoms with Crippen LogP contribution in [0.15, 0.2) is 16.6 Å². The first kappa shape index (κ1) is 13.4. The molecule has 1 aromatic carbocycles. The van der Waals surface area contributed by atoms with Crippen LogP contribution >= 0.6 is 15.9 Å². The molecule has 0 spiro atoms. The third-order valence-corrected chi connectivity index (χ3v) is 5.13. The molecule has 0 bridgehead atoms. The Morgan fingerprint density at radius 1 is 1.21 bits per heavy atom. The van der Waals surface area contributed by atoms with Gasteiger partial charge in [0.1, 0.15) is 5.75 Å². The van der Waals surface area contributed by atoms with E-state index < -0.39 is 0 Å². The van der Waals surface area contributed by atoms with Gasteiger partial charge in [-0.2, -0.15) is 0 Å². The molecule has 1 heterocycles. The van der Waals surface area contributed by atoms with Gasteiger partial charge in [0.15, 0.2) is 0 Å². The van der Waals surface area contributed by atoms with Crippen molar-refractivity contribution in [2.24, 2.45) is 17.6 Å². The standard InChI is InChI=1S/C16H22BrNO/c17-15-8-12-5-6-19-16(12)14(9-15)7-11-3-1-2-4-13(11)10-18/h8-9,11,13H,1-7,10,18H2. The fourth-order valence-electron chi connectivity index (χ4n) is 3.64. The van der Waals surface area contributed by atoms with Crippen LogP contribution in [0.5, 0.6) is 5.75 Å². The number of halogens is 1. The third-order valence-electron chi connectivity index (χ3n) is 4.68. The molecule has 1 aromatic rings. The van der Waals surface area contributed by atoms with Crippen LogP contribution in [0.25, 0.3) is 0 Å². The lowest BCUT2D eigenvalue weighted by Crippen LogP contribution is -2.28. The van der Waals surface area contributed by atoms with E-state index in [4.69, 9.17) is 10.5 Å². The van der Waals surface area contributed by atoms with E-state index in [1.54, 1.807) is 0 Å². The number of nitrogens with two attached hydrogens (primary N) is 1. The summed E-state index contributed by atoms with van der Waals surface area (Å²) in [4.78, 5) is 0. The van der Waals surface area contributed by atoms with Crippen LogP contribution in [0.3, 0.4) is 0 Å². The molecule has 0 aromatic heterocycles. The van der Waals surface area contributed by atoms with E-state index in [1.807, 2.05) is 0 Å². The van der Waals surface area contributed by atoms with E-state index in [-0.39, 0.29) is 0 Å². The van der Waals surface area contributed by atoms with Gasteiger partial charge in [0.05, 0.1) is 6.61 Å². The molecule has 2 atom stereocenters. The Kier molecular flexibility index (Phi) is 4.13. The van der Waals surface area contributed by atoms with Crippen LogP contribution in [-0.2, 0) is 12.8 Å². The minimum absolute atomic E-state index is 0.699. The summed E-state index contributed by atoms with van der Waals surface area (Å²) in [7, 11) is 0. The van der Waals surface area contributed by atoms with Crippen LogP contribution in [0.1, 0.15) is 36.8 Å². The molecule has 2 aliphatic rings. The average molecular weight is 324 g/mol. The molecular weight excluding hydrogens is 302 g/mol. The number of hydrogen-bond acceptors (Lipinski definition) is 2. The lowest BCUT2D eigenvalue weighted by Gasteiger charge is -2.31. The van der Waals surface area contributed by atoms with E-state index in [0.29, 0.717) is 5.92 Å². The smallest absolute Gasteiger partial charge is 0.125 e. The van der Waals surface area contributed by atoms with Crippen molar-refractivity contribution in [1.29, 1.82) is 0 Å². The van der Waals surface area contributed by atoms with Gasteiger partial charge in [-0.15, -0.1) is 0 Å². The monoisotopic (exact) mass is 323 g/mol. The van der Waals surface area contributed by atoms with E-state index >= 15 is 0 Å². The maximum atomic E-state index is 5.95. The summed E-state index contributed by atoms with van der Waals surface area (Å²) in [5, 5.41) is 0. The number of ether oxygens (including phenoxy) is 1. The summed E-state index contributed by atoms with van der Waals surface area (Å²) in [5.74, 6) is 2.59. The summed E-state index contributed by atoms with van der Waals surface area (Å²) in [6, 6.07) is 4.44. The Morgan fingerprint density at radius 2 is 2.00 bits per heavy atom. The molecule has 1 fully saturated rings. The molecule has 0 saturated heterocycles. The third kappa shape index (κ3) is 2.82. The number of rotatable bonds is 3. The molecule has 1 saturated carbocycles. The molecule has 2 nitrogen and oxygen atoms in total. The summed E-state index contributed by atoms with van der Waals surface area (Å²) < 4.78 is 7.03. The second kappa shape index (κ2) is 5.84. The largest absolute Gasteiger partial charge is 0.493 e. The fourth-order valence-corrected chi connectivity index (χ4v) is 4.20. The van der Waals surface area contributed by atoms with Gasteiger partial charge in [-0.1, -0.05) is 28.8 Å². The van der Waals surface area contributed by atoms with Crippen molar-refractivity contribution in [2.45, 2.75) is 38.5 Å². The molecule has 2 N–H and O–H groups in total. The van der Waals surface area contributed by atoms with Crippen molar-refractivity contribution in [2.75, 3.05) is 13.2 Å². The Bertz CT molecular complexity index is 460. The second-order valence-corrected chi connectivity index (χ2v) is 6.81. The average Bonchev–Trinajstić information content (AvgIpc) is 2.87. The first-order valence-electron chi connectivity index (χ1n) is 7.42. The molecule has 1 aliphatic carbocycles. The number of benzene rings is 1. The zero-order valence-electron chi connectivity index (χ0n) is 11.3. The highest BCUT2D eigenvalue weighted by molar-refractivity contribution is 9.10. The Morgan fingerprint density at radius 3 is 2.79 bits per heavy atom. The minimum Gasteiger partial charge on any atom is -0.493 e. The van der Waals surface area contributed by atoms with Crippen molar-refractivity contribution in [1.82, 2.24) is 0 Å². The van der Waals surface area contributed by atoms with Crippen molar-refractivity contribution >= 4 is 15.9 Å². The van der Waals surface area contributed by atoms with Crippen LogP contribution in [-0.4, -0.2) is 13.2 Å². The fraction of sp³-hybridized carbons (Fsp3) is 0.625. The van der Waals surface area contributed by atoms with Crippen molar-refractivity contribution in [3.63, 3.8) is 0 Å². The van der Waals surface area contributed by atoms with Gasteiger partial charge in [-0.05, 0) is 60.9 Å². The molecular formula is C16H22BrNO. The van der Waals surface area contributed by atoms with Crippen LogP contribution < -0.4 is 10.5 Å². The molecule has 0 amide bonds. The van der Waals surface area contributed by atoms with Crippen LogP contribution in [0.4, 0.5) is 0 Å². The molecule has 1 aliphatic heterocycles. The molecule has 3 heteroatoms. The minimum atomic E-state index is 0.699. The number of hydrogen-bond donors (Lipinski definition) is 1. The highest BCUT2D eigenvalue weighted by Gasteiger charge is 2.26. The zero-order valence-corrected chi connectivity index (χ0v) is 12.9. The van der Waals surface area contributed by atoms with Gasteiger partial charge in [0.25, 0.3) is 0 Å². The molecule has 19 heavy (non-hydrogen) atoms. The van der Waals surface area contributed by atoms with Gasteiger partial charge in [0, 0.05) is 10.9 Å². The lowest BCUT2D eigenvalue weighted by atomic mass is 9.76. The first-order valence-corrected chi connectivity index (χ1v) is 8.21. The summed E-state index contributed by atoms with van der Waals surface area (Å²) in [6.45, 7) is 1.67. The predicted molar refractivity (Wildman–Crippen MR) is 81.5 cm³/mol. The molecule has 0 radical (unpaired) electrons. The molecule has 3 rings (SSSR count). The topological polar surface area (TPSA) is 35.2 Å². The van der Waals surface area contributed by atoms with Crippen molar-refractivity contribution in [3.05, 3.63) is 27.7 Å². The van der Waals surface area contributed by atoms with Crippen molar-refractivity contribution < 1.29 is 4.74 Å². The van der Waals surface area contributed by atoms with E-state index in [9.17, 15) is 0 Å². The maximum absolute atomic E-state index is 5.95. The summed E-state index contributed by atoms with van der Waals surface area (Å²) in [5.41, 5.74) is 8.70. The Labute approximate surface area is 123 Å². The van der Waals surface area contributed by atoms with Gasteiger partial charge in [0.2, 0.25) is 0 Å². The maximum Gasteiger partial charge on any atom is 0.125 e. The zero-order chi connectivity index (χ0) is 13.2. The second-order valence-electron chi connectivity index (χ2n) is 5.90. The first-order chi connectivity index (χ1) is 9.28.